The van der Waals surface area contributed by atoms with Gasteiger partial charge in [0, 0.05) is 12.3 Å². The van der Waals surface area contributed by atoms with Crippen LogP contribution < -0.4 is 4.74 Å². The normalized spacial score (nSPS) is 9.89. The van der Waals surface area contributed by atoms with Gasteiger partial charge in [0.05, 0.1) is 10.0 Å². The number of benzene rings is 1. The molecule has 3 nitrogen and oxygen atoms in total. The topological polar surface area (TPSA) is 45.9 Å². The lowest BCUT2D eigenvalue weighted by molar-refractivity contribution is 0.454. The van der Waals surface area contributed by atoms with E-state index in [1.54, 1.807) is 12.3 Å². The summed E-state index contributed by atoms with van der Waals surface area (Å²) in [5, 5.41) is 8.62. The zero-order valence-corrected chi connectivity index (χ0v) is 11.0. The molecule has 0 aliphatic carbocycles. The van der Waals surface area contributed by atoms with Crippen molar-refractivity contribution in [3.05, 3.63) is 51.9 Å². The van der Waals surface area contributed by atoms with Crippen LogP contribution in [0.2, 0.25) is 0 Å². The Labute approximate surface area is 112 Å². The number of nitriles is 1. The molecule has 0 aliphatic heterocycles. The Morgan fingerprint density at radius 1 is 1.39 bits per heavy atom. The van der Waals surface area contributed by atoms with Gasteiger partial charge in [0.25, 0.3) is 0 Å². The van der Waals surface area contributed by atoms with Gasteiger partial charge in [0.2, 0.25) is 5.88 Å². The average Bonchev–Trinajstić information content (AvgIpc) is 2.33. The van der Waals surface area contributed by atoms with Crippen LogP contribution in [0.25, 0.3) is 0 Å². The molecule has 0 saturated heterocycles. The molecule has 2 rings (SSSR count). The minimum atomic E-state index is -0.613. The van der Waals surface area contributed by atoms with Crippen molar-refractivity contribution in [3.63, 3.8) is 0 Å². The summed E-state index contributed by atoms with van der Waals surface area (Å²) in [6.45, 7) is 1.91. The number of hydrogen-bond donors (Lipinski definition) is 0. The van der Waals surface area contributed by atoms with Crippen LogP contribution in [0.3, 0.4) is 0 Å². The van der Waals surface area contributed by atoms with Crippen LogP contribution in [-0.4, -0.2) is 4.98 Å². The van der Waals surface area contributed by atoms with Crippen molar-refractivity contribution in [2.24, 2.45) is 0 Å². The average molecular weight is 307 g/mol. The summed E-state index contributed by atoms with van der Waals surface area (Å²) >= 11 is 3.32. The van der Waals surface area contributed by atoms with E-state index in [1.165, 1.54) is 12.1 Å². The molecule has 0 amide bonds. The summed E-state index contributed by atoms with van der Waals surface area (Å²) in [4.78, 5) is 4.09. The fourth-order valence-electron chi connectivity index (χ4n) is 1.36. The van der Waals surface area contributed by atoms with Gasteiger partial charge in [-0.05, 0) is 46.6 Å². The Morgan fingerprint density at radius 2 is 2.17 bits per heavy atom. The highest BCUT2D eigenvalue weighted by molar-refractivity contribution is 9.10. The molecule has 0 N–H and O–H groups in total. The first-order chi connectivity index (χ1) is 8.60. The van der Waals surface area contributed by atoms with Crippen LogP contribution in [0.5, 0.6) is 11.6 Å². The number of ether oxygens (including phenoxy) is 1. The Balaban J connectivity index is 2.29. The van der Waals surface area contributed by atoms with Gasteiger partial charge in [-0.2, -0.15) is 5.26 Å². The molecule has 0 atom stereocenters. The maximum absolute atomic E-state index is 13.4. The van der Waals surface area contributed by atoms with Crippen LogP contribution in [-0.2, 0) is 0 Å². The molecular formula is C13H8BrFN2O. The molecule has 1 heterocycles. The van der Waals surface area contributed by atoms with E-state index < -0.39 is 5.82 Å². The lowest BCUT2D eigenvalue weighted by Gasteiger charge is -2.07. The molecule has 5 heteroatoms. The molecular weight excluding hydrogens is 299 g/mol. The highest BCUT2D eigenvalue weighted by Gasteiger charge is 2.07. The Hall–Kier alpha value is -1.93. The van der Waals surface area contributed by atoms with Crippen molar-refractivity contribution < 1.29 is 9.13 Å². The molecule has 0 fully saturated rings. The molecule has 0 spiro atoms. The van der Waals surface area contributed by atoms with E-state index in [1.807, 2.05) is 13.0 Å². The first-order valence-electron chi connectivity index (χ1n) is 5.10. The number of halogens is 2. The van der Waals surface area contributed by atoms with Crippen molar-refractivity contribution in [3.8, 4) is 17.7 Å². The van der Waals surface area contributed by atoms with Gasteiger partial charge in [0.1, 0.15) is 17.6 Å². The number of pyridine rings is 1. The lowest BCUT2D eigenvalue weighted by Crippen LogP contribution is -1.92. The summed E-state index contributed by atoms with van der Waals surface area (Å²) < 4.78 is 19.5. The van der Waals surface area contributed by atoms with E-state index >= 15 is 0 Å². The van der Waals surface area contributed by atoms with Gasteiger partial charge < -0.3 is 4.74 Å². The summed E-state index contributed by atoms with van der Waals surface area (Å²) in [5.41, 5.74) is 0.971. The molecule has 0 saturated carbocycles. The minimum absolute atomic E-state index is 0.0155. The molecule has 0 aliphatic rings. The SMILES string of the molecule is Cc1cnc(Oc2ccc(C#N)c(F)c2)c(Br)c1. The van der Waals surface area contributed by atoms with Crippen molar-refractivity contribution in [2.75, 3.05) is 0 Å². The number of aromatic nitrogens is 1. The molecule has 0 bridgehead atoms. The predicted octanol–water partition coefficient (Wildman–Crippen LogP) is 3.96. The van der Waals surface area contributed by atoms with E-state index in [0.717, 1.165) is 11.6 Å². The molecule has 90 valence electrons. The van der Waals surface area contributed by atoms with Crippen LogP contribution in [0.15, 0.2) is 34.9 Å². The Kier molecular flexibility index (Phi) is 3.58. The molecule has 0 radical (unpaired) electrons. The van der Waals surface area contributed by atoms with Crippen molar-refractivity contribution in [1.29, 1.82) is 5.26 Å². The van der Waals surface area contributed by atoms with Gasteiger partial charge in [-0.3, -0.25) is 0 Å². The molecule has 1 aromatic carbocycles. The largest absolute Gasteiger partial charge is 0.438 e. The minimum Gasteiger partial charge on any atom is -0.438 e. The predicted molar refractivity (Wildman–Crippen MR) is 67.9 cm³/mol. The van der Waals surface area contributed by atoms with Gasteiger partial charge in [0.15, 0.2) is 0 Å². The number of nitrogens with zero attached hydrogens (tertiary/aromatic N) is 2. The maximum atomic E-state index is 13.4. The molecule has 0 unspecified atom stereocenters. The fourth-order valence-corrected chi connectivity index (χ4v) is 1.90. The first kappa shape index (κ1) is 12.5. The lowest BCUT2D eigenvalue weighted by atomic mass is 10.2. The van der Waals surface area contributed by atoms with Crippen LogP contribution >= 0.6 is 15.9 Å². The van der Waals surface area contributed by atoms with Crippen molar-refractivity contribution in [2.45, 2.75) is 6.92 Å². The highest BCUT2D eigenvalue weighted by atomic mass is 79.9. The van der Waals surface area contributed by atoms with Gasteiger partial charge >= 0.3 is 0 Å². The van der Waals surface area contributed by atoms with Gasteiger partial charge in [-0.25, -0.2) is 9.37 Å². The monoisotopic (exact) mass is 306 g/mol. The van der Waals surface area contributed by atoms with E-state index in [2.05, 4.69) is 20.9 Å². The molecule has 18 heavy (non-hydrogen) atoms. The van der Waals surface area contributed by atoms with Crippen molar-refractivity contribution in [1.82, 2.24) is 4.98 Å². The Morgan fingerprint density at radius 3 is 2.78 bits per heavy atom. The van der Waals surface area contributed by atoms with E-state index in [-0.39, 0.29) is 5.56 Å². The third-order valence-corrected chi connectivity index (χ3v) is 2.79. The second kappa shape index (κ2) is 5.15. The molecule has 1 aromatic heterocycles. The smallest absolute Gasteiger partial charge is 0.233 e. The van der Waals surface area contributed by atoms with E-state index in [0.29, 0.717) is 16.1 Å². The summed E-state index contributed by atoms with van der Waals surface area (Å²) in [5.74, 6) is 0.0338. The molecule has 2 aromatic rings. The van der Waals surface area contributed by atoms with E-state index in [4.69, 9.17) is 10.00 Å². The second-order valence-electron chi connectivity index (χ2n) is 3.66. The van der Waals surface area contributed by atoms with Crippen LogP contribution in [0.1, 0.15) is 11.1 Å². The fraction of sp³-hybridized carbons (Fsp3) is 0.0769. The van der Waals surface area contributed by atoms with Gasteiger partial charge in [-0.15, -0.1) is 0 Å². The summed E-state index contributed by atoms with van der Waals surface area (Å²) in [6.07, 6.45) is 1.65. The van der Waals surface area contributed by atoms with Crippen LogP contribution in [0.4, 0.5) is 4.39 Å². The summed E-state index contributed by atoms with van der Waals surface area (Å²) in [6, 6.07) is 7.65. The van der Waals surface area contributed by atoms with E-state index in [9.17, 15) is 4.39 Å². The standard InChI is InChI=1S/C13H8BrFN2O/c1-8-4-11(14)13(17-7-8)18-10-3-2-9(6-16)12(15)5-10/h2-5,7H,1H3. The number of hydrogen-bond acceptors (Lipinski definition) is 3. The van der Waals surface area contributed by atoms with Crippen molar-refractivity contribution >= 4 is 15.9 Å². The summed E-state index contributed by atoms with van der Waals surface area (Å²) in [7, 11) is 0. The zero-order chi connectivity index (χ0) is 13.1. The third kappa shape index (κ3) is 2.66. The van der Waals surface area contributed by atoms with Crippen LogP contribution in [0, 0.1) is 24.1 Å². The van der Waals surface area contributed by atoms with Gasteiger partial charge in [-0.1, -0.05) is 0 Å². The zero-order valence-electron chi connectivity index (χ0n) is 9.45. The first-order valence-corrected chi connectivity index (χ1v) is 5.89. The Bertz CT molecular complexity index is 637. The number of aryl methyl sites for hydroxylation is 1. The second-order valence-corrected chi connectivity index (χ2v) is 4.51. The quantitative estimate of drug-likeness (QED) is 0.843. The number of rotatable bonds is 2. The third-order valence-electron chi connectivity index (χ3n) is 2.22. The maximum Gasteiger partial charge on any atom is 0.233 e. The highest BCUT2D eigenvalue weighted by Crippen LogP contribution is 2.28.